The number of thioether (sulfide) groups is 1. The first-order chi connectivity index (χ1) is 13.2. The number of para-hydroxylation sites is 3. The van der Waals surface area contributed by atoms with Gasteiger partial charge in [-0.1, -0.05) is 48.2 Å². The van der Waals surface area contributed by atoms with Gasteiger partial charge in [-0.15, -0.1) is 0 Å². The minimum atomic E-state index is -0.220. The fourth-order valence-electron chi connectivity index (χ4n) is 3.35. The highest BCUT2D eigenvalue weighted by molar-refractivity contribution is 7.99. The Bertz CT molecular complexity index is 1280. The van der Waals surface area contributed by atoms with Gasteiger partial charge < -0.3 is 0 Å². The molecule has 0 saturated heterocycles. The van der Waals surface area contributed by atoms with E-state index in [1.165, 1.54) is 12.1 Å². The molecule has 132 valence electrons. The summed E-state index contributed by atoms with van der Waals surface area (Å²) in [5, 5.41) is 2.05. The van der Waals surface area contributed by atoms with Crippen LogP contribution >= 0.6 is 11.8 Å². The molecule has 0 radical (unpaired) electrons. The van der Waals surface area contributed by atoms with Crippen molar-refractivity contribution in [1.29, 1.82) is 0 Å². The first kappa shape index (κ1) is 16.3. The lowest BCUT2D eigenvalue weighted by Crippen LogP contribution is -1.99. The maximum Gasteiger partial charge on any atom is 0.175 e. The lowest BCUT2D eigenvalue weighted by Gasteiger charge is -2.14. The quantitative estimate of drug-likeness (QED) is 0.286. The van der Waals surface area contributed by atoms with E-state index in [0.29, 0.717) is 0 Å². The lowest BCUT2D eigenvalue weighted by atomic mass is 10.2. The highest BCUT2D eigenvalue weighted by Crippen LogP contribution is 2.37. The van der Waals surface area contributed by atoms with Crippen molar-refractivity contribution in [3.05, 3.63) is 84.2 Å². The van der Waals surface area contributed by atoms with Crippen LogP contribution in [0.4, 0.5) is 4.39 Å². The van der Waals surface area contributed by atoms with E-state index >= 15 is 0 Å². The fraction of sp³-hybridized carbons (Fsp3) is 0.0909. The lowest BCUT2D eigenvalue weighted by molar-refractivity contribution is 0.627. The number of hydrogen-bond donors (Lipinski definition) is 0. The zero-order valence-electron chi connectivity index (χ0n) is 14.6. The summed E-state index contributed by atoms with van der Waals surface area (Å²) in [5.74, 6) is -0.220. The fourth-order valence-corrected chi connectivity index (χ4v) is 4.40. The molecule has 0 unspecified atom stereocenters. The number of imidazole rings is 1. The van der Waals surface area contributed by atoms with E-state index in [4.69, 9.17) is 9.97 Å². The number of rotatable bonds is 3. The van der Waals surface area contributed by atoms with Gasteiger partial charge in [-0.3, -0.25) is 4.40 Å². The molecule has 0 aliphatic rings. The molecule has 0 saturated carbocycles. The van der Waals surface area contributed by atoms with E-state index in [1.807, 2.05) is 48.5 Å². The Labute approximate surface area is 159 Å². The zero-order valence-corrected chi connectivity index (χ0v) is 15.4. The predicted molar refractivity (Wildman–Crippen MR) is 109 cm³/mol. The number of fused-ring (bicyclic) bond motifs is 5. The van der Waals surface area contributed by atoms with Crippen LogP contribution in [0.25, 0.3) is 27.6 Å². The highest BCUT2D eigenvalue weighted by atomic mass is 32.2. The topological polar surface area (TPSA) is 30.2 Å². The second-order valence-electron chi connectivity index (χ2n) is 6.48. The molecule has 0 fully saturated rings. The van der Waals surface area contributed by atoms with Gasteiger partial charge in [0.15, 0.2) is 5.16 Å². The van der Waals surface area contributed by atoms with Gasteiger partial charge in [-0.05, 0) is 48.9 Å². The Kier molecular flexibility index (Phi) is 3.83. The molecule has 3 aromatic carbocycles. The van der Waals surface area contributed by atoms with Crippen molar-refractivity contribution in [3.8, 4) is 0 Å². The number of hydrogen-bond acceptors (Lipinski definition) is 3. The van der Waals surface area contributed by atoms with E-state index < -0.39 is 0 Å². The number of halogens is 1. The van der Waals surface area contributed by atoms with Crippen LogP contribution in [0.3, 0.4) is 0 Å². The van der Waals surface area contributed by atoms with Crippen LogP contribution in [-0.4, -0.2) is 14.4 Å². The molecule has 0 N–H and O–H groups in total. The molecule has 2 heterocycles. The van der Waals surface area contributed by atoms with Crippen LogP contribution in [0, 0.1) is 5.82 Å². The van der Waals surface area contributed by atoms with Gasteiger partial charge in [0, 0.05) is 10.6 Å². The van der Waals surface area contributed by atoms with Gasteiger partial charge in [0.2, 0.25) is 0 Å². The van der Waals surface area contributed by atoms with E-state index in [9.17, 15) is 4.39 Å². The number of nitrogens with zero attached hydrogens (tertiary/aromatic N) is 3. The SMILES string of the molecule is C[C@@H](Sc1nc2ccccc2c2nc3ccccc3n12)c1ccc(F)cc1. The Hall–Kier alpha value is -2.92. The summed E-state index contributed by atoms with van der Waals surface area (Å²) in [5.41, 5.74) is 4.89. The molecule has 0 aliphatic carbocycles. The first-order valence-corrected chi connectivity index (χ1v) is 9.67. The van der Waals surface area contributed by atoms with Crippen molar-refractivity contribution >= 4 is 39.3 Å². The summed E-state index contributed by atoms with van der Waals surface area (Å²) in [7, 11) is 0. The Morgan fingerprint density at radius 1 is 0.852 bits per heavy atom. The molecule has 0 spiro atoms. The molecular formula is C22H16FN3S. The first-order valence-electron chi connectivity index (χ1n) is 8.79. The van der Waals surface area contributed by atoms with Gasteiger partial charge >= 0.3 is 0 Å². The predicted octanol–water partition coefficient (Wildman–Crippen LogP) is 6.03. The zero-order chi connectivity index (χ0) is 18.4. The summed E-state index contributed by atoms with van der Waals surface area (Å²) < 4.78 is 15.4. The molecular weight excluding hydrogens is 357 g/mol. The Morgan fingerprint density at radius 3 is 2.37 bits per heavy atom. The highest BCUT2D eigenvalue weighted by Gasteiger charge is 2.17. The Balaban J connectivity index is 1.73. The van der Waals surface area contributed by atoms with Crippen LogP contribution in [-0.2, 0) is 0 Å². The number of benzene rings is 3. The minimum Gasteiger partial charge on any atom is -0.271 e. The second-order valence-corrected chi connectivity index (χ2v) is 7.79. The van der Waals surface area contributed by atoms with Gasteiger partial charge in [0.1, 0.15) is 11.5 Å². The summed E-state index contributed by atoms with van der Waals surface area (Å²) in [6.07, 6.45) is 0. The molecule has 1 atom stereocenters. The molecule has 0 aliphatic heterocycles. The monoisotopic (exact) mass is 373 g/mol. The molecule has 5 heteroatoms. The summed E-state index contributed by atoms with van der Waals surface area (Å²) in [4.78, 5) is 9.78. The summed E-state index contributed by atoms with van der Waals surface area (Å²) in [6.45, 7) is 2.11. The summed E-state index contributed by atoms with van der Waals surface area (Å²) >= 11 is 1.66. The van der Waals surface area contributed by atoms with Crippen molar-refractivity contribution in [2.45, 2.75) is 17.3 Å². The average Bonchev–Trinajstić information content (AvgIpc) is 3.09. The van der Waals surface area contributed by atoms with Gasteiger partial charge in [-0.2, -0.15) is 0 Å². The number of aromatic nitrogens is 3. The van der Waals surface area contributed by atoms with Crippen molar-refractivity contribution in [2.24, 2.45) is 0 Å². The van der Waals surface area contributed by atoms with E-state index in [0.717, 1.165) is 38.3 Å². The van der Waals surface area contributed by atoms with Gasteiger partial charge in [0.05, 0.1) is 16.6 Å². The van der Waals surface area contributed by atoms with Crippen LogP contribution in [0.2, 0.25) is 0 Å². The van der Waals surface area contributed by atoms with Gasteiger partial charge in [0.25, 0.3) is 0 Å². The molecule has 2 aromatic heterocycles. The van der Waals surface area contributed by atoms with Crippen LogP contribution in [0.5, 0.6) is 0 Å². The minimum absolute atomic E-state index is 0.128. The molecule has 27 heavy (non-hydrogen) atoms. The standard InChI is InChI=1S/C22H16FN3S/c1-14(15-10-12-16(23)13-11-15)27-22-25-18-7-3-2-6-17(18)21-24-19-8-4-5-9-20(19)26(21)22/h2-14H,1H3/t14-/m1/s1. The van der Waals surface area contributed by atoms with Gasteiger partial charge in [-0.25, -0.2) is 14.4 Å². The molecule has 5 rings (SSSR count). The van der Waals surface area contributed by atoms with Crippen molar-refractivity contribution < 1.29 is 4.39 Å². The third kappa shape index (κ3) is 2.75. The maximum atomic E-state index is 13.3. The average molecular weight is 373 g/mol. The van der Waals surface area contributed by atoms with Crippen LogP contribution in [0.1, 0.15) is 17.7 Å². The van der Waals surface area contributed by atoms with Crippen molar-refractivity contribution in [3.63, 3.8) is 0 Å². The maximum absolute atomic E-state index is 13.3. The van der Waals surface area contributed by atoms with Crippen LogP contribution in [0.15, 0.2) is 78.0 Å². The Morgan fingerprint density at radius 2 is 1.56 bits per heavy atom. The van der Waals surface area contributed by atoms with E-state index in [1.54, 1.807) is 11.8 Å². The van der Waals surface area contributed by atoms with Crippen molar-refractivity contribution in [2.75, 3.05) is 0 Å². The smallest absolute Gasteiger partial charge is 0.175 e. The third-order valence-electron chi connectivity index (χ3n) is 4.73. The second kappa shape index (κ2) is 6.35. The van der Waals surface area contributed by atoms with E-state index in [2.05, 4.69) is 23.5 Å². The molecule has 5 aromatic rings. The molecule has 3 nitrogen and oxygen atoms in total. The third-order valence-corrected chi connectivity index (χ3v) is 5.85. The summed E-state index contributed by atoms with van der Waals surface area (Å²) in [6, 6.07) is 22.8. The molecule has 0 bridgehead atoms. The van der Waals surface area contributed by atoms with E-state index in [-0.39, 0.29) is 11.1 Å². The van der Waals surface area contributed by atoms with Crippen LogP contribution < -0.4 is 0 Å². The van der Waals surface area contributed by atoms with Crippen molar-refractivity contribution in [1.82, 2.24) is 14.4 Å². The molecule has 0 amide bonds. The largest absolute Gasteiger partial charge is 0.271 e. The normalized spacial score (nSPS) is 12.8.